The number of nitrogens with one attached hydrogen (secondary N) is 1. The van der Waals surface area contributed by atoms with Gasteiger partial charge in [-0.05, 0) is 25.3 Å². The largest absolute Gasteiger partial charge is 0.391 e. The van der Waals surface area contributed by atoms with Gasteiger partial charge in [0, 0.05) is 6.04 Å². The van der Waals surface area contributed by atoms with Gasteiger partial charge in [0.25, 0.3) is 0 Å². The first kappa shape index (κ1) is 15.8. The van der Waals surface area contributed by atoms with E-state index in [2.05, 4.69) is 11.9 Å². The first-order valence-corrected chi connectivity index (χ1v) is 5.60. The van der Waals surface area contributed by atoms with Crippen molar-refractivity contribution in [2.75, 3.05) is 0 Å². The van der Waals surface area contributed by atoms with Crippen LogP contribution in [0, 0.1) is 11.8 Å². The van der Waals surface area contributed by atoms with Crippen LogP contribution in [0.5, 0.6) is 0 Å². The van der Waals surface area contributed by atoms with Crippen LogP contribution in [0.25, 0.3) is 0 Å². The van der Waals surface area contributed by atoms with Crippen molar-refractivity contribution in [1.82, 2.24) is 5.32 Å². The summed E-state index contributed by atoms with van der Waals surface area (Å²) in [6.45, 7) is 3.11. The summed E-state index contributed by atoms with van der Waals surface area (Å²) in [6, 6.07) is -1.14. The molecule has 8 heteroatoms. The third kappa shape index (κ3) is 4.43. The third-order valence-electron chi connectivity index (χ3n) is 3.16. The highest BCUT2D eigenvalue weighted by Crippen LogP contribution is 2.45. The van der Waals surface area contributed by atoms with E-state index in [0.29, 0.717) is 0 Å². The van der Waals surface area contributed by atoms with Crippen LogP contribution in [-0.4, -0.2) is 24.3 Å². The summed E-state index contributed by atoms with van der Waals surface area (Å²) in [5, 5.41) is 2.12. The highest BCUT2D eigenvalue weighted by Gasteiger charge is 2.51. The van der Waals surface area contributed by atoms with Gasteiger partial charge in [0.05, 0.1) is 11.8 Å². The number of hydrogen-bond donors (Lipinski definition) is 1. The molecule has 1 fully saturated rings. The molecule has 1 N–H and O–H groups in total. The lowest BCUT2D eigenvalue weighted by Crippen LogP contribution is -2.46. The van der Waals surface area contributed by atoms with E-state index in [9.17, 15) is 31.1 Å². The molecule has 1 rings (SSSR count). The first-order valence-electron chi connectivity index (χ1n) is 5.60. The molecule has 1 saturated carbocycles. The van der Waals surface area contributed by atoms with E-state index >= 15 is 0 Å². The van der Waals surface area contributed by atoms with Crippen LogP contribution >= 0.6 is 0 Å². The summed E-state index contributed by atoms with van der Waals surface area (Å²) in [4.78, 5) is 11.0. The monoisotopic (exact) mass is 289 g/mol. The molecule has 0 aromatic carbocycles. The smallest absolute Gasteiger partial charge is 0.350 e. The second kappa shape index (κ2) is 5.42. The fourth-order valence-corrected chi connectivity index (χ4v) is 2.23. The Morgan fingerprint density at radius 2 is 1.42 bits per heavy atom. The van der Waals surface area contributed by atoms with Crippen molar-refractivity contribution in [2.45, 2.75) is 37.7 Å². The van der Waals surface area contributed by atoms with Gasteiger partial charge in [-0.2, -0.15) is 26.3 Å². The van der Waals surface area contributed by atoms with Gasteiger partial charge in [0.15, 0.2) is 0 Å². The van der Waals surface area contributed by atoms with Crippen molar-refractivity contribution in [3.8, 4) is 0 Å². The van der Waals surface area contributed by atoms with Crippen molar-refractivity contribution in [3.63, 3.8) is 0 Å². The van der Waals surface area contributed by atoms with Crippen LogP contribution in [0.15, 0.2) is 12.7 Å². The van der Waals surface area contributed by atoms with Crippen LogP contribution in [0.2, 0.25) is 0 Å². The van der Waals surface area contributed by atoms with E-state index < -0.39 is 55.4 Å². The van der Waals surface area contributed by atoms with Crippen molar-refractivity contribution < 1.29 is 31.1 Å². The molecule has 1 aliphatic carbocycles. The molecule has 19 heavy (non-hydrogen) atoms. The molecule has 0 saturated heterocycles. The second-order valence-electron chi connectivity index (χ2n) is 4.59. The minimum Gasteiger partial charge on any atom is -0.350 e. The number of halogens is 6. The van der Waals surface area contributed by atoms with Crippen LogP contribution in [0.4, 0.5) is 26.3 Å². The Bertz CT molecular complexity index is 326. The number of carbonyl (C=O) groups excluding carboxylic acids is 1. The Labute approximate surface area is 105 Å². The van der Waals surface area contributed by atoms with Gasteiger partial charge in [0.1, 0.15) is 0 Å². The SMILES string of the molecule is C=CC(=O)NC1CC(C(F)(F)F)CC(C(F)(F)F)C1. The minimum atomic E-state index is -4.69. The van der Waals surface area contributed by atoms with Crippen molar-refractivity contribution >= 4 is 5.91 Å². The second-order valence-corrected chi connectivity index (χ2v) is 4.59. The molecule has 0 aromatic rings. The fourth-order valence-electron chi connectivity index (χ4n) is 2.23. The number of alkyl halides is 6. The summed E-state index contributed by atoms with van der Waals surface area (Å²) in [6.07, 6.45) is -10.6. The summed E-state index contributed by atoms with van der Waals surface area (Å²) >= 11 is 0. The van der Waals surface area contributed by atoms with Crippen LogP contribution < -0.4 is 5.32 Å². The van der Waals surface area contributed by atoms with E-state index in [1.165, 1.54) is 0 Å². The number of rotatable bonds is 2. The fraction of sp³-hybridized carbons (Fsp3) is 0.727. The van der Waals surface area contributed by atoms with E-state index in [4.69, 9.17) is 0 Å². The Morgan fingerprint density at radius 1 is 1.00 bits per heavy atom. The van der Waals surface area contributed by atoms with Gasteiger partial charge < -0.3 is 5.32 Å². The Hall–Kier alpha value is -1.21. The van der Waals surface area contributed by atoms with Crippen LogP contribution in [0.3, 0.4) is 0 Å². The highest BCUT2D eigenvalue weighted by atomic mass is 19.4. The average molecular weight is 289 g/mol. The molecule has 2 nitrogen and oxygen atoms in total. The molecule has 0 heterocycles. The molecular formula is C11H13F6NO. The lowest BCUT2D eigenvalue weighted by molar-refractivity contribution is -0.225. The highest BCUT2D eigenvalue weighted by molar-refractivity contribution is 5.87. The Balaban J connectivity index is 2.84. The molecule has 0 bridgehead atoms. The minimum absolute atomic E-state index is 0.532. The van der Waals surface area contributed by atoms with E-state index in [0.717, 1.165) is 6.08 Å². The molecule has 0 radical (unpaired) electrons. The summed E-state index contributed by atoms with van der Waals surface area (Å²) in [7, 11) is 0. The zero-order valence-electron chi connectivity index (χ0n) is 9.81. The lowest BCUT2D eigenvalue weighted by Gasteiger charge is -2.36. The van der Waals surface area contributed by atoms with Gasteiger partial charge in [-0.15, -0.1) is 0 Å². The van der Waals surface area contributed by atoms with Gasteiger partial charge in [-0.3, -0.25) is 4.79 Å². The molecule has 2 unspecified atom stereocenters. The van der Waals surface area contributed by atoms with Gasteiger partial charge in [-0.25, -0.2) is 0 Å². The zero-order chi connectivity index (χ0) is 14.8. The molecule has 1 amide bonds. The molecular weight excluding hydrogens is 276 g/mol. The molecule has 1 aliphatic rings. The molecule has 2 atom stereocenters. The number of carbonyl (C=O) groups is 1. The number of hydrogen-bond acceptors (Lipinski definition) is 1. The first-order chi connectivity index (χ1) is 8.54. The van der Waals surface area contributed by atoms with Crippen molar-refractivity contribution in [3.05, 3.63) is 12.7 Å². The quantitative estimate of drug-likeness (QED) is 0.614. The predicted octanol–water partition coefficient (Wildman–Crippen LogP) is 3.20. The number of amides is 1. The Morgan fingerprint density at radius 3 is 1.74 bits per heavy atom. The standard InChI is InChI=1S/C11H13F6NO/c1-2-9(19)18-8-4-6(10(12,13)14)3-7(5-8)11(15,16)17/h2,6-8H,1,3-5H2,(H,18,19). The maximum absolute atomic E-state index is 12.6. The molecule has 110 valence electrons. The zero-order valence-corrected chi connectivity index (χ0v) is 9.81. The van der Waals surface area contributed by atoms with Crippen molar-refractivity contribution in [2.24, 2.45) is 11.8 Å². The van der Waals surface area contributed by atoms with E-state index in [1.54, 1.807) is 0 Å². The summed E-state index contributed by atoms with van der Waals surface area (Å²) in [5.41, 5.74) is 0. The maximum Gasteiger partial charge on any atom is 0.391 e. The van der Waals surface area contributed by atoms with Gasteiger partial charge in [-0.1, -0.05) is 6.58 Å². The summed E-state index contributed by atoms with van der Waals surface area (Å²) in [5.74, 6) is -4.88. The Kier molecular flexibility index (Phi) is 4.52. The van der Waals surface area contributed by atoms with Crippen molar-refractivity contribution in [1.29, 1.82) is 0 Å². The topological polar surface area (TPSA) is 29.1 Å². The predicted molar refractivity (Wildman–Crippen MR) is 55.1 cm³/mol. The molecule has 0 aromatic heterocycles. The van der Waals surface area contributed by atoms with Crippen LogP contribution in [0.1, 0.15) is 19.3 Å². The third-order valence-corrected chi connectivity index (χ3v) is 3.16. The van der Waals surface area contributed by atoms with E-state index in [-0.39, 0.29) is 0 Å². The van der Waals surface area contributed by atoms with E-state index in [1.807, 2.05) is 0 Å². The lowest BCUT2D eigenvalue weighted by atomic mass is 9.77. The van der Waals surface area contributed by atoms with Gasteiger partial charge in [0.2, 0.25) is 5.91 Å². The maximum atomic E-state index is 12.6. The molecule has 0 spiro atoms. The van der Waals surface area contributed by atoms with Crippen LogP contribution in [-0.2, 0) is 4.79 Å². The summed E-state index contributed by atoms with van der Waals surface area (Å²) < 4.78 is 75.6. The molecule has 0 aliphatic heterocycles. The average Bonchev–Trinajstić information content (AvgIpc) is 2.26. The van der Waals surface area contributed by atoms with Gasteiger partial charge >= 0.3 is 12.4 Å². The normalized spacial score (nSPS) is 28.8.